The summed E-state index contributed by atoms with van der Waals surface area (Å²) in [5.41, 5.74) is 12.2. The Morgan fingerprint density at radius 2 is 1.63 bits per heavy atom. The van der Waals surface area contributed by atoms with Crippen LogP contribution in [-0.4, -0.2) is 8.42 Å². The highest BCUT2D eigenvalue weighted by Gasteiger charge is 2.23. The zero-order valence-electron chi connectivity index (χ0n) is 9.60. The fourth-order valence-electron chi connectivity index (χ4n) is 1.59. The van der Waals surface area contributed by atoms with Crippen LogP contribution in [0.2, 0.25) is 0 Å². The minimum Gasteiger partial charge on any atom is -0.399 e. The molecule has 0 aliphatic rings. The second kappa shape index (κ2) is 5.15. The Morgan fingerprint density at radius 1 is 0.947 bits per heavy atom. The Morgan fingerprint density at radius 3 is 2.26 bits per heavy atom. The number of hydrogen-bond donors (Lipinski definition) is 2. The van der Waals surface area contributed by atoms with Gasteiger partial charge in [-0.2, -0.15) is 0 Å². The Bertz CT molecular complexity index is 745. The van der Waals surface area contributed by atoms with Crippen molar-refractivity contribution >= 4 is 53.1 Å². The van der Waals surface area contributed by atoms with Gasteiger partial charge in [0.2, 0.25) is 9.84 Å². The topological polar surface area (TPSA) is 86.2 Å². The van der Waals surface area contributed by atoms with Crippen molar-refractivity contribution in [2.45, 2.75) is 9.79 Å². The Hall–Kier alpha value is -1.05. The van der Waals surface area contributed by atoms with E-state index in [4.69, 9.17) is 11.5 Å². The first-order valence-corrected chi connectivity index (χ1v) is 8.25. The summed E-state index contributed by atoms with van der Waals surface area (Å²) in [5, 5.41) is 0. The maximum Gasteiger partial charge on any atom is 0.208 e. The predicted octanol–water partition coefficient (Wildman–Crippen LogP) is 3.21. The van der Waals surface area contributed by atoms with Crippen LogP contribution in [0.5, 0.6) is 0 Å². The van der Waals surface area contributed by atoms with Crippen LogP contribution in [0.4, 0.5) is 11.4 Å². The molecule has 0 saturated heterocycles. The molecule has 0 aromatic heterocycles. The van der Waals surface area contributed by atoms with Crippen LogP contribution in [0.25, 0.3) is 0 Å². The number of hydrogen-bond acceptors (Lipinski definition) is 4. The molecule has 0 radical (unpaired) electrons. The van der Waals surface area contributed by atoms with Gasteiger partial charge in [-0.15, -0.1) is 0 Å². The molecular formula is C12H10Br2N2O2S. The molecule has 4 nitrogen and oxygen atoms in total. The molecule has 2 aromatic rings. The molecule has 0 fully saturated rings. The molecule has 0 atom stereocenters. The quantitative estimate of drug-likeness (QED) is 0.751. The van der Waals surface area contributed by atoms with Crippen LogP contribution in [-0.2, 0) is 9.84 Å². The van der Waals surface area contributed by atoms with E-state index in [0.29, 0.717) is 20.3 Å². The lowest BCUT2D eigenvalue weighted by Crippen LogP contribution is -2.05. The van der Waals surface area contributed by atoms with E-state index in [1.54, 1.807) is 18.2 Å². The van der Waals surface area contributed by atoms with E-state index in [1.165, 1.54) is 18.2 Å². The number of rotatable bonds is 2. The van der Waals surface area contributed by atoms with E-state index in [1.807, 2.05) is 0 Å². The predicted molar refractivity (Wildman–Crippen MR) is 82.6 cm³/mol. The number of nitrogen functional groups attached to an aromatic ring is 2. The minimum absolute atomic E-state index is 0.123. The third-order valence-electron chi connectivity index (χ3n) is 2.53. The summed E-state index contributed by atoms with van der Waals surface area (Å²) in [6.07, 6.45) is 0. The molecule has 0 aliphatic heterocycles. The van der Waals surface area contributed by atoms with Crippen molar-refractivity contribution in [3.05, 3.63) is 45.3 Å². The number of benzene rings is 2. The highest BCUT2D eigenvalue weighted by atomic mass is 79.9. The lowest BCUT2D eigenvalue weighted by Gasteiger charge is -2.10. The van der Waals surface area contributed by atoms with Crippen molar-refractivity contribution < 1.29 is 8.42 Å². The molecule has 19 heavy (non-hydrogen) atoms. The average molecular weight is 406 g/mol. The summed E-state index contributed by atoms with van der Waals surface area (Å²) in [4.78, 5) is 0.269. The first-order chi connectivity index (χ1) is 8.84. The summed E-state index contributed by atoms with van der Waals surface area (Å²) >= 11 is 6.43. The zero-order chi connectivity index (χ0) is 14.2. The standard InChI is InChI=1S/C12H10Br2N2O2S/c13-8-6-7(15)4-5-10(8)19(17,18)11-3-1-2-9(16)12(11)14/h1-6H,15-16H2. The van der Waals surface area contributed by atoms with Crippen molar-refractivity contribution in [2.24, 2.45) is 0 Å². The zero-order valence-corrected chi connectivity index (χ0v) is 13.6. The lowest BCUT2D eigenvalue weighted by molar-refractivity contribution is 0.595. The molecule has 0 unspecified atom stereocenters. The molecule has 0 aliphatic carbocycles. The number of sulfone groups is 1. The molecule has 0 heterocycles. The van der Waals surface area contributed by atoms with Gasteiger partial charge >= 0.3 is 0 Å². The van der Waals surface area contributed by atoms with Gasteiger partial charge in [-0.1, -0.05) is 6.07 Å². The molecule has 4 N–H and O–H groups in total. The van der Waals surface area contributed by atoms with Gasteiger partial charge in [-0.05, 0) is 62.2 Å². The molecule has 100 valence electrons. The summed E-state index contributed by atoms with van der Waals surface area (Å²) < 4.78 is 25.9. The van der Waals surface area contributed by atoms with Crippen molar-refractivity contribution in [2.75, 3.05) is 11.5 Å². The molecule has 0 saturated carbocycles. The minimum atomic E-state index is -3.67. The van der Waals surface area contributed by atoms with Gasteiger partial charge in [0.15, 0.2) is 0 Å². The number of anilines is 2. The summed E-state index contributed by atoms with van der Waals surface area (Å²) in [6, 6.07) is 9.27. The molecule has 7 heteroatoms. The van der Waals surface area contributed by atoms with Crippen molar-refractivity contribution in [3.8, 4) is 0 Å². The van der Waals surface area contributed by atoms with Gasteiger partial charge in [-0.25, -0.2) is 8.42 Å². The Balaban J connectivity index is 2.69. The van der Waals surface area contributed by atoms with Crippen molar-refractivity contribution in [3.63, 3.8) is 0 Å². The summed E-state index contributed by atoms with van der Waals surface area (Å²) in [5.74, 6) is 0. The first-order valence-electron chi connectivity index (χ1n) is 5.18. The van der Waals surface area contributed by atoms with Crippen LogP contribution in [0.1, 0.15) is 0 Å². The van der Waals surface area contributed by atoms with Gasteiger partial charge in [0.25, 0.3) is 0 Å². The SMILES string of the molecule is Nc1ccc(S(=O)(=O)c2cccc(N)c2Br)c(Br)c1. The second-order valence-electron chi connectivity index (χ2n) is 3.85. The number of halogens is 2. The highest BCUT2D eigenvalue weighted by Crippen LogP contribution is 2.35. The lowest BCUT2D eigenvalue weighted by atomic mass is 10.3. The monoisotopic (exact) mass is 404 g/mol. The van der Waals surface area contributed by atoms with Gasteiger partial charge in [0.1, 0.15) is 0 Å². The van der Waals surface area contributed by atoms with Gasteiger partial charge in [0.05, 0.1) is 14.3 Å². The molecular weight excluding hydrogens is 396 g/mol. The molecule has 0 spiro atoms. The van der Waals surface area contributed by atoms with E-state index < -0.39 is 9.84 Å². The maximum atomic E-state index is 12.6. The van der Waals surface area contributed by atoms with Crippen LogP contribution in [0.3, 0.4) is 0 Å². The van der Waals surface area contributed by atoms with Gasteiger partial charge in [-0.3, -0.25) is 0 Å². The van der Waals surface area contributed by atoms with Crippen LogP contribution >= 0.6 is 31.9 Å². The molecule has 0 amide bonds. The van der Waals surface area contributed by atoms with Crippen LogP contribution in [0, 0.1) is 0 Å². The second-order valence-corrected chi connectivity index (χ2v) is 7.39. The summed E-state index contributed by atoms with van der Waals surface area (Å²) in [7, 11) is -3.67. The van der Waals surface area contributed by atoms with E-state index in [-0.39, 0.29) is 9.79 Å². The van der Waals surface area contributed by atoms with E-state index in [2.05, 4.69) is 31.9 Å². The van der Waals surface area contributed by atoms with Gasteiger partial charge in [0, 0.05) is 15.8 Å². The van der Waals surface area contributed by atoms with Crippen LogP contribution < -0.4 is 11.5 Å². The molecule has 2 rings (SSSR count). The fraction of sp³-hybridized carbons (Fsp3) is 0. The van der Waals surface area contributed by atoms with E-state index in [9.17, 15) is 8.42 Å². The van der Waals surface area contributed by atoms with E-state index >= 15 is 0 Å². The van der Waals surface area contributed by atoms with E-state index in [0.717, 1.165) is 0 Å². The fourth-order valence-corrected chi connectivity index (χ4v) is 4.94. The number of nitrogens with two attached hydrogens (primary N) is 2. The van der Waals surface area contributed by atoms with Crippen LogP contribution in [0.15, 0.2) is 55.1 Å². The maximum absolute atomic E-state index is 12.6. The van der Waals surface area contributed by atoms with Crippen molar-refractivity contribution in [1.29, 1.82) is 0 Å². The largest absolute Gasteiger partial charge is 0.399 e. The third kappa shape index (κ3) is 2.63. The normalized spacial score (nSPS) is 11.5. The third-order valence-corrected chi connectivity index (χ3v) is 6.45. The molecule has 0 bridgehead atoms. The van der Waals surface area contributed by atoms with Crippen molar-refractivity contribution in [1.82, 2.24) is 0 Å². The highest BCUT2D eigenvalue weighted by molar-refractivity contribution is 9.11. The summed E-state index contributed by atoms with van der Waals surface area (Å²) in [6.45, 7) is 0. The smallest absolute Gasteiger partial charge is 0.208 e. The van der Waals surface area contributed by atoms with Gasteiger partial charge < -0.3 is 11.5 Å². The molecule has 2 aromatic carbocycles. The average Bonchev–Trinajstić information content (AvgIpc) is 2.31. The first kappa shape index (κ1) is 14.4. The Kier molecular flexibility index (Phi) is 3.89. The Labute approximate surface area is 128 Å².